The minimum Gasteiger partial charge on any atom is -0.476 e. The van der Waals surface area contributed by atoms with Crippen LogP contribution in [0.3, 0.4) is 0 Å². The summed E-state index contributed by atoms with van der Waals surface area (Å²) in [5, 5.41) is 3.56. The molecule has 1 unspecified atom stereocenters. The number of aromatic nitrogens is 1. The van der Waals surface area contributed by atoms with Gasteiger partial charge in [0.05, 0.1) is 10.6 Å². The predicted octanol–water partition coefficient (Wildman–Crippen LogP) is 5.11. The summed E-state index contributed by atoms with van der Waals surface area (Å²) in [6.07, 6.45) is 5.15. The SMILES string of the molecule is CC(C)(Oc1ccc(-c2ccc(F)cc2)cc1Cl)C(=O)NC1C[C@H]2CC[C@@H](C1)N2c1ccc(C(N)=O)cn1. The summed E-state index contributed by atoms with van der Waals surface area (Å²) in [6.45, 7) is 3.45. The van der Waals surface area contributed by atoms with Crippen LogP contribution in [0.5, 0.6) is 5.75 Å². The Kier molecular flexibility index (Phi) is 7.01. The van der Waals surface area contributed by atoms with Gasteiger partial charge in [0, 0.05) is 24.3 Å². The van der Waals surface area contributed by atoms with E-state index in [0.717, 1.165) is 42.6 Å². The Morgan fingerprint density at radius 3 is 2.29 bits per heavy atom. The van der Waals surface area contributed by atoms with Crippen molar-refractivity contribution in [2.75, 3.05) is 4.90 Å². The second-order valence-electron chi connectivity index (χ2n) is 10.5. The highest BCUT2D eigenvalue weighted by molar-refractivity contribution is 6.32. The molecule has 2 bridgehead atoms. The maximum absolute atomic E-state index is 13.3. The smallest absolute Gasteiger partial charge is 0.263 e. The average Bonchev–Trinajstić information content (AvgIpc) is 3.15. The minimum absolute atomic E-state index is 0.0142. The fourth-order valence-corrected chi connectivity index (χ4v) is 5.66. The number of rotatable bonds is 7. The van der Waals surface area contributed by atoms with Crippen LogP contribution in [0.15, 0.2) is 60.8 Å². The summed E-state index contributed by atoms with van der Waals surface area (Å²) in [6, 6.07) is 15.5. The molecule has 0 aliphatic carbocycles. The zero-order valence-corrected chi connectivity index (χ0v) is 22.0. The Labute approximate surface area is 226 Å². The molecule has 2 aliphatic rings. The quantitative estimate of drug-likeness (QED) is 0.437. The minimum atomic E-state index is -1.15. The van der Waals surface area contributed by atoms with Gasteiger partial charge in [-0.1, -0.05) is 29.8 Å². The summed E-state index contributed by atoms with van der Waals surface area (Å²) >= 11 is 6.49. The monoisotopic (exact) mass is 536 g/mol. The average molecular weight is 537 g/mol. The number of anilines is 1. The van der Waals surface area contributed by atoms with E-state index in [1.807, 2.05) is 12.1 Å². The van der Waals surface area contributed by atoms with Gasteiger partial charge in [0.15, 0.2) is 5.60 Å². The third-order valence-electron chi connectivity index (χ3n) is 7.39. The number of nitrogens with one attached hydrogen (secondary N) is 1. The molecule has 38 heavy (non-hydrogen) atoms. The van der Waals surface area contributed by atoms with Crippen LogP contribution >= 0.6 is 11.6 Å². The lowest BCUT2D eigenvalue weighted by molar-refractivity contribution is -0.135. The first-order valence-electron chi connectivity index (χ1n) is 12.7. The highest BCUT2D eigenvalue weighted by atomic mass is 35.5. The van der Waals surface area contributed by atoms with E-state index < -0.39 is 11.5 Å². The van der Waals surface area contributed by atoms with Gasteiger partial charge in [-0.25, -0.2) is 9.37 Å². The Morgan fingerprint density at radius 1 is 1.05 bits per heavy atom. The van der Waals surface area contributed by atoms with E-state index >= 15 is 0 Å². The van der Waals surface area contributed by atoms with E-state index in [0.29, 0.717) is 16.3 Å². The number of nitrogens with two attached hydrogens (primary N) is 1. The van der Waals surface area contributed by atoms with Crippen LogP contribution in [0.1, 0.15) is 49.9 Å². The van der Waals surface area contributed by atoms with Crippen molar-refractivity contribution in [3.05, 3.63) is 77.2 Å². The van der Waals surface area contributed by atoms with Crippen molar-refractivity contribution < 1.29 is 18.7 Å². The molecule has 7 nitrogen and oxygen atoms in total. The summed E-state index contributed by atoms with van der Waals surface area (Å²) in [5.74, 6) is 0.218. The molecule has 0 radical (unpaired) electrons. The summed E-state index contributed by atoms with van der Waals surface area (Å²) in [7, 11) is 0. The van der Waals surface area contributed by atoms with E-state index in [-0.39, 0.29) is 29.8 Å². The highest BCUT2D eigenvalue weighted by Gasteiger charge is 2.43. The van der Waals surface area contributed by atoms with Crippen molar-refractivity contribution in [2.24, 2.45) is 5.73 Å². The number of benzene rings is 2. The van der Waals surface area contributed by atoms with Crippen LogP contribution in [0.25, 0.3) is 11.1 Å². The topological polar surface area (TPSA) is 97.5 Å². The molecule has 3 aromatic rings. The van der Waals surface area contributed by atoms with Crippen LogP contribution in [-0.4, -0.2) is 40.5 Å². The first-order valence-corrected chi connectivity index (χ1v) is 13.1. The molecule has 2 aliphatic heterocycles. The predicted molar refractivity (Wildman–Crippen MR) is 145 cm³/mol. The largest absolute Gasteiger partial charge is 0.476 e. The van der Waals surface area contributed by atoms with Gasteiger partial charge in [-0.05, 0) is 87.1 Å². The molecule has 3 heterocycles. The Hall–Kier alpha value is -3.65. The lowest BCUT2D eigenvalue weighted by Gasteiger charge is -2.40. The molecule has 2 fully saturated rings. The van der Waals surface area contributed by atoms with Crippen LogP contribution in [0.4, 0.5) is 10.2 Å². The Bertz CT molecular complexity index is 1330. The Morgan fingerprint density at radius 2 is 1.71 bits per heavy atom. The van der Waals surface area contributed by atoms with E-state index in [1.54, 1.807) is 44.2 Å². The van der Waals surface area contributed by atoms with Crippen molar-refractivity contribution in [1.82, 2.24) is 10.3 Å². The number of fused-ring (bicyclic) bond motifs is 2. The molecule has 2 saturated heterocycles. The standard InChI is InChI=1S/C29H30ClFN4O3/c1-29(2,38-25-11-5-18(13-24(25)30)17-3-7-20(31)8-4-17)28(37)34-21-14-22-9-10-23(15-21)35(22)26-12-6-19(16-33-26)27(32)36/h3-8,11-13,16,21-23H,9-10,14-15H2,1-2H3,(H2,32,36)(H,34,37)/t21?,22-,23+. The van der Waals surface area contributed by atoms with Gasteiger partial charge in [0.2, 0.25) is 5.91 Å². The van der Waals surface area contributed by atoms with Crippen molar-refractivity contribution >= 4 is 29.2 Å². The van der Waals surface area contributed by atoms with Gasteiger partial charge in [-0.15, -0.1) is 0 Å². The van der Waals surface area contributed by atoms with Gasteiger partial charge >= 0.3 is 0 Å². The molecule has 2 amide bonds. The van der Waals surface area contributed by atoms with Gasteiger partial charge in [0.1, 0.15) is 17.4 Å². The summed E-state index contributed by atoms with van der Waals surface area (Å²) in [5.41, 5.74) is 6.23. The normalized spacial score (nSPS) is 20.7. The molecule has 0 saturated carbocycles. The number of piperidine rings is 1. The van der Waals surface area contributed by atoms with Crippen molar-refractivity contribution in [1.29, 1.82) is 0 Å². The van der Waals surface area contributed by atoms with Gasteiger partial charge < -0.3 is 20.7 Å². The number of nitrogens with zero attached hydrogens (tertiary/aromatic N) is 2. The molecule has 5 rings (SSSR count). The zero-order chi connectivity index (χ0) is 27.0. The van der Waals surface area contributed by atoms with Gasteiger partial charge in [0.25, 0.3) is 5.91 Å². The molecular weight excluding hydrogens is 507 g/mol. The van der Waals surface area contributed by atoms with Gasteiger partial charge in [-0.3, -0.25) is 9.59 Å². The van der Waals surface area contributed by atoms with Crippen molar-refractivity contribution in [3.63, 3.8) is 0 Å². The molecule has 9 heteroatoms. The highest BCUT2D eigenvalue weighted by Crippen LogP contribution is 2.39. The second kappa shape index (κ2) is 10.3. The summed E-state index contributed by atoms with van der Waals surface area (Å²) in [4.78, 5) is 31.4. The van der Waals surface area contributed by atoms with Gasteiger partial charge in [-0.2, -0.15) is 0 Å². The first kappa shape index (κ1) is 26.0. The second-order valence-corrected chi connectivity index (χ2v) is 10.9. The van der Waals surface area contributed by atoms with E-state index in [9.17, 15) is 14.0 Å². The lowest BCUT2D eigenvalue weighted by atomic mass is 9.96. The molecule has 3 atom stereocenters. The molecule has 2 aromatic carbocycles. The fourth-order valence-electron chi connectivity index (χ4n) is 5.44. The molecular formula is C29H30ClFN4O3. The third kappa shape index (κ3) is 5.31. The number of hydrogen-bond donors (Lipinski definition) is 2. The van der Waals surface area contributed by atoms with Crippen molar-refractivity contribution in [2.45, 2.75) is 63.3 Å². The number of primary amides is 1. The lowest BCUT2D eigenvalue weighted by Crippen LogP contribution is -2.55. The first-order chi connectivity index (χ1) is 18.1. The van der Waals surface area contributed by atoms with Crippen LogP contribution in [0, 0.1) is 5.82 Å². The van der Waals surface area contributed by atoms with E-state index in [2.05, 4.69) is 15.2 Å². The molecule has 3 N–H and O–H groups in total. The Balaban J connectivity index is 1.22. The molecule has 198 valence electrons. The molecule has 0 spiro atoms. The van der Waals surface area contributed by atoms with E-state index in [4.69, 9.17) is 22.1 Å². The number of ether oxygens (including phenoxy) is 1. The number of hydrogen-bond acceptors (Lipinski definition) is 5. The number of pyridine rings is 1. The zero-order valence-electron chi connectivity index (χ0n) is 21.3. The number of carbonyl (C=O) groups excluding carboxylic acids is 2. The fraction of sp³-hybridized carbons (Fsp3) is 0.345. The number of amides is 2. The van der Waals surface area contributed by atoms with Crippen molar-refractivity contribution in [3.8, 4) is 16.9 Å². The van der Waals surface area contributed by atoms with Crippen LogP contribution < -0.4 is 20.7 Å². The van der Waals surface area contributed by atoms with Crippen LogP contribution in [0.2, 0.25) is 5.02 Å². The van der Waals surface area contributed by atoms with Crippen LogP contribution in [-0.2, 0) is 4.79 Å². The third-order valence-corrected chi connectivity index (χ3v) is 7.68. The number of halogens is 2. The maximum Gasteiger partial charge on any atom is 0.263 e. The molecule has 1 aromatic heterocycles. The maximum atomic E-state index is 13.3. The number of carbonyl (C=O) groups is 2. The van der Waals surface area contributed by atoms with E-state index in [1.165, 1.54) is 18.3 Å². The summed E-state index contributed by atoms with van der Waals surface area (Å²) < 4.78 is 19.3.